The van der Waals surface area contributed by atoms with Crippen LogP contribution in [0, 0.1) is 25.4 Å². The maximum absolute atomic E-state index is 5.17. The van der Waals surface area contributed by atoms with Crippen molar-refractivity contribution in [2.45, 2.75) is 20.8 Å². The number of rotatable bonds is 0. The summed E-state index contributed by atoms with van der Waals surface area (Å²) in [6, 6.07) is 6.31. The van der Waals surface area contributed by atoms with Crippen molar-refractivity contribution in [2.24, 2.45) is 0 Å². The van der Waals surface area contributed by atoms with Crippen molar-refractivity contribution >= 4 is 23.1 Å². The van der Waals surface area contributed by atoms with Crippen LogP contribution < -0.4 is 0 Å². The van der Waals surface area contributed by atoms with Crippen LogP contribution in [-0.2, 0) is 0 Å². The maximum Gasteiger partial charge on any atom is 0.103 e. The van der Waals surface area contributed by atoms with E-state index in [1.165, 1.54) is 27.6 Å². The quantitative estimate of drug-likeness (QED) is 0.643. The second-order valence-corrected chi connectivity index (χ2v) is 4.19. The number of fused-ring (bicyclic) bond motifs is 1. The van der Waals surface area contributed by atoms with Gasteiger partial charge in [-0.15, -0.1) is 0 Å². The van der Waals surface area contributed by atoms with Gasteiger partial charge in [0.2, 0.25) is 0 Å². The SMILES string of the molecule is Cc1ccc2c(C)cc(=S)[nH]c2c1C. The van der Waals surface area contributed by atoms with E-state index < -0.39 is 0 Å². The smallest absolute Gasteiger partial charge is 0.103 e. The van der Waals surface area contributed by atoms with Crippen LogP contribution in [-0.4, -0.2) is 4.98 Å². The third-order valence-corrected chi connectivity index (χ3v) is 2.98. The molecular weight excluding hydrogens is 190 g/mol. The number of aryl methyl sites for hydroxylation is 3. The fraction of sp³-hybridized carbons (Fsp3) is 0.250. The van der Waals surface area contributed by atoms with Crippen LogP contribution in [0.25, 0.3) is 10.9 Å². The molecular formula is C12H13NS. The van der Waals surface area contributed by atoms with Crippen molar-refractivity contribution < 1.29 is 0 Å². The topological polar surface area (TPSA) is 15.8 Å². The van der Waals surface area contributed by atoms with Crippen LogP contribution in [0.4, 0.5) is 0 Å². The van der Waals surface area contributed by atoms with Gasteiger partial charge in [0.1, 0.15) is 4.64 Å². The van der Waals surface area contributed by atoms with Gasteiger partial charge in [0.15, 0.2) is 0 Å². The maximum atomic E-state index is 5.17. The third kappa shape index (κ3) is 1.36. The highest BCUT2D eigenvalue weighted by Crippen LogP contribution is 2.22. The van der Waals surface area contributed by atoms with Gasteiger partial charge >= 0.3 is 0 Å². The lowest BCUT2D eigenvalue weighted by Crippen LogP contribution is -1.90. The van der Waals surface area contributed by atoms with Crippen molar-refractivity contribution in [3.63, 3.8) is 0 Å². The van der Waals surface area contributed by atoms with Gasteiger partial charge in [0.05, 0.1) is 0 Å². The zero-order valence-electron chi connectivity index (χ0n) is 8.64. The molecule has 1 heterocycles. The Labute approximate surface area is 88.8 Å². The summed E-state index contributed by atoms with van der Waals surface area (Å²) in [6.07, 6.45) is 0. The molecule has 1 aromatic heterocycles. The molecule has 0 saturated heterocycles. The summed E-state index contributed by atoms with van der Waals surface area (Å²) in [5.74, 6) is 0. The summed E-state index contributed by atoms with van der Waals surface area (Å²) in [4.78, 5) is 3.25. The Morgan fingerprint density at radius 1 is 1.07 bits per heavy atom. The van der Waals surface area contributed by atoms with Crippen LogP contribution in [0.3, 0.4) is 0 Å². The van der Waals surface area contributed by atoms with Crippen molar-refractivity contribution in [1.82, 2.24) is 4.98 Å². The van der Waals surface area contributed by atoms with Gasteiger partial charge in [-0.2, -0.15) is 0 Å². The second-order valence-electron chi connectivity index (χ2n) is 3.75. The fourth-order valence-electron chi connectivity index (χ4n) is 1.74. The first-order valence-electron chi connectivity index (χ1n) is 4.69. The van der Waals surface area contributed by atoms with Crippen molar-refractivity contribution in [3.8, 4) is 0 Å². The van der Waals surface area contributed by atoms with Gasteiger partial charge < -0.3 is 4.98 Å². The molecule has 1 N–H and O–H groups in total. The van der Waals surface area contributed by atoms with Gasteiger partial charge in [-0.25, -0.2) is 0 Å². The molecule has 0 saturated carbocycles. The van der Waals surface area contributed by atoms with Gasteiger partial charge in [-0.1, -0.05) is 24.4 Å². The number of pyridine rings is 1. The molecule has 0 atom stereocenters. The van der Waals surface area contributed by atoms with Gasteiger partial charge in [0.25, 0.3) is 0 Å². The summed E-state index contributed by atoms with van der Waals surface area (Å²) in [7, 11) is 0. The lowest BCUT2D eigenvalue weighted by Gasteiger charge is -2.07. The van der Waals surface area contributed by atoms with E-state index in [0.717, 1.165) is 4.64 Å². The molecule has 0 aliphatic carbocycles. The van der Waals surface area contributed by atoms with Crippen LogP contribution in [0.5, 0.6) is 0 Å². The van der Waals surface area contributed by atoms with Gasteiger partial charge in [0, 0.05) is 10.9 Å². The number of H-pyrrole nitrogens is 1. The van der Waals surface area contributed by atoms with Crippen LogP contribution in [0.2, 0.25) is 0 Å². The highest BCUT2D eigenvalue weighted by molar-refractivity contribution is 7.71. The minimum Gasteiger partial charge on any atom is -0.346 e. The van der Waals surface area contributed by atoms with E-state index in [-0.39, 0.29) is 0 Å². The summed E-state index contributed by atoms with van der Waals surface area (Å²) in [6.45, 7) is 6.34. The van der Waals surface area contributed by atoms with E-state index in [4.69, 9.17) is 12.2 Å². The first kappa shape index (κ1) is 9.41. The molecule has 0 radical (unpaired) electrons. The van der Waals surface area contributed by atoms with Gasteiger partial charge in [-0.3, -0.25) is 0 Å². The van der Waals surface area contributed by atoms with Crippen molar-refractivity contribution in [3.05, 3.63) is 39.5 Å². The Bertz CT molecular complexity index is 552. The lowest BCUT2D eigenvalue weighted by atomic mass is 10.0. The summed E-state index contributed by atoms with van der Waals surface area (Å²) < 4.78 is 0.809. The average molecular weight is 203 g/mol. The molecule has 0 unspecified atom stereocenters. The zero-order chi connectivity index (χ0) is 10.3. The van der Waals surface area contributed by atoms with Crippen molar-refractivity contribution in [1.29, 1.82) is 0 Å². The summed E-state index contributed by atoms with van der Waals surface area (Å²) in [5.41, 5.74) is 5.01. The van der Waals surface area contributed by atoms with Crippen LogP contribution in [0.15, 0.2) is 18.2 Å². The van der Waals surface area contributed by atoms with E-state index in [0.29, 0.717) is 0 Å². The molecule has 0 aliphatic rings. The zero-order valence-corrected chi connectivity index (χ0v) is 9.46. The highest BCUT2D eigenvalue weighted by atomic mass is 32.1. The minimum absolute atomic E-state index is 0.809. The number of hydrogen-bond acceptors (Lipinski definition) is 1. The number of aromatic amines is 1. The molecule has 0 aliphatic heterocycles. The van der Waals surface area contributed by atoms with Crippen molar-refractivity contribution in [2.75, 3.05) is 0 Å². The first-order chi connectivity index (χ1) is 6.59. The molecule has 0 amide bonds. The number of aromatic nitrogens is 1. The molecule has 0 bridgehead atoms. The highest BCUT2D eigenvalue weighted by Gasteiger charge is 2.02. The Morgan fingerprint density at radius 2 is 1.79 bits per heavy atom. The molecule has 72 valence electrons. The fourth-order valence-corrected chi connectivity index (χ4v) is 2.02. The molecule has 1 nitrogen and oxygen atoms in total. The molecule has 0 fully saturated rings. The number of benzene rings is 1. The standard InChI is InChI=1S/C12H13NS/c1-7-4-5-10-8(2)6-11(14)13-12(10)9(7)3/h4-6H,1-3H3,(H,13,14). The van der Waals surface area contributed by atoms with E-state index in [9.17, 15) is 0 Å². The average Bonchev–Trinajstić information content (AvgIpc) is 2.12. The molecule has 2 aromatic rings. The van der Waals surface area contributed by atoms with Crippen LogP contribution in [0.1, 0.15) is 16.7 Å². The first-order valence-corrected chi connectivity index (χ1v) is 5.10. The van der Waals surface area contributed by atoms with E-state index in [1.54, 1.807) is 0 Å². The second kappa shape index (κ2) is 3.21. The largest absolute Gasteiger partial charge is 0.346 e. The normalized spacial score (nSPS) is 10.8. The summed E-state index contributed by atoms with van der Waals surface area (Å²) in [5, 5.41) is 1.27. The Balaban J connectivity index is 3.02. The van der Waals surface area contributed by atoms with Crippen LogP contribution >= 0.6 is 12.2 Å². The molecule has 14 heavy (non-hydrogen) atoms. The summed E-state index contributed by atoms with van der Waals surface area (Å²) >= 11 is 5.17. The number of nitrogens with one attached hydrogen (secondary N) is 1. The predicted molar refractivity (Wildman–Crippen MR) is 63.3 cm³/mol. The molecule has 2 rings (SSSR count). The van der Waals surface area contributed by atoms with E-state index >= 15 is 0 Å². The minimum atomic E-state index is 0.809. The van der Waals surface area contributed by atoms with Gasteiger partial charge in [-0.05, 0) is 43.5 Å². The Morgan fingerprint density at radius 3 is 2.50 bits per heavy atom. The lowest BCUT2D eigenvalue weighted by molar-refractivity contribution is 1.28. The van der Waals surface area contributed by atoms with E-state index in [1.807, 2.05) is 6.07 Å². The monoisotopic (exact) mass is 203 g/mol. The molecule has 2 heteroatoms. The molecule has 1 aromatic carbocycles. The Hall–Kier alpha value is -1.15. The third-order valence-electron chi connectivity index (χ3n) is 2.76. The molecule has 0 spiro atoms. The predicted octanol–water partition coefficient (Wildman–Crippen LogP) is 3.82. The Kier molecular flexibility index (Phi) is 2.16. The van der Waals surface area contributed by atoms with E-state index in [2.05, 4.69) is 37.9 Å². The number of hydrogen-bond donors (Lipinski definition) is 1.